The number of sulfone groups is 1. The number of hydrogen-bond donors (Lipinski definition) is 3. The van der Waals surface area contributed by atoms with Crippen molar-refractivity contribution < 1.29 is 90.9 Å². The van der Waals surface area contributed by atoms with E-state index in [-0.39, 0.29) is 147 Å². The van der Waals surface area contributed by atoms with Gasteiger partial charge in [-0.25, -0.2) is 32.5 Å². The monoisotopic (exact) mass is 735 g/mol. The van der Waals surface area contributed by atoms with Gasteiger partial charge in [0.1, 0.15) is 5.69 Å². The van der Waals surface area contributed by atoms with Gasteiger partial charge in [0.2, 0.25) is 11.9 Å². The number of thioether (sulfide) groups is 1. The van der Waals surface area contributed by atoms with Crippen LogP contribution in [-0.4, -0.2) is 63.1 Å². The molecule has 13 nitrogen and oxygen atoms in total. The van der Waals surface area contributed by atoms with E-state index in [9.17, 15) is 27.0 Å². The van der Waals surface area contributed by atoms with Crippen molar-refractivity contribution in [1.29, 1.82) is 0 Å². The Balaban J connectivity index is 0.00000384. The van der Waals surface area contributed by atoms with Crippen LogP contribution in [0.4, 0.5) is 33.3 Å². The molecule has 0 aliphatic carbocycles. The Kier molecular flexibility index (Phi) is 17.6. The minimum atomic E-state index is -3.39. The summed E-state index contributed by atoms with van der Waals surface area (Å²) in [6.07, 6.45) is -1.13. The summed E-state index contributed by atoms with van der Waals surface area (Å²) < 4.78 is 66.2. The van der Waals surface area contributed by atoms with E-state index in [1.165, 1.54) is 30.0 Å². The Morgan fingerprint density at radius 2 is 1.70 bits per heavy atom. The number of ether oxygens (including phenoxy) is 1. The Morgan fingerprint density at radius 1 is 0.979 bits per heavy atom. The maximum atomic E-state index is 14.3. The Labute approximate surface area is 327 Å². The number of phenols is 1. The molecular formula is C27H24FN7Na2O6S4. The summed E-state index contributed by atoms with van der Waals surface area (Å²) in [5.74, 6) is -1.07. The SMILES string of the molecule is C=CSc1ccc(N=Nc2c(S[O-])cc3cc(S[O-])cc(Nc4nc(F)nc(NCCOCCS(=O)(=O)C=C)n4)c3c2O)cc1.[Na+].[Na+]. The van der Waals surface area contributed by atoms with Gasteiger partial charge in [0.05, 0.1) is 30.3 Å². The van der Waals surface area contributed by atoms with Gasteiger partial charge in [0.15, 0.2) is 15.6 Å². The molecule has 0 amide bonds. The molecule has 0 aliphatic rings. The number of nitrogens with one attached hydrogen (secondary N) is 2. The van der Waals surface area contributed by atoms with Crippen LogP contribution in [0.25, 0.3) is 10.8 Å². The molecule has 0 bridgehead atoms. The van der Waals surface area contributed by atoms with Crippen molar-refractivity contribution in [3.05, 3.63) is 72.5 Å². The zero-order chi connectivity index (χ0) is 32.4. The summed E-state index contributed by atoms with van der Waals surface area (Å²) in [4.78, 5) is 12.6. The molecule has 47 heavy (non-hydrogen) atoms. The number of phenolic OH excluding ortho intramolecular Hbond substituents is 1. The van der Waals surface area contributed by atoms with E-state index in [2.05, 4.69) is 49.0 Å². The third-order valence-electron chi connectivity index (χ3n) is 5.78. The topological polar surface area (TPSA) is 197 Å². The van der Waals surface area contributed by atoms with E-state index in [1.54, 1.807) is 17.5 Å². The normalized spacial score (nSPS) is 11.1. The molecule has 0 saturated carbocycles. The van der Waals surface area contributed by atoms with Crippen molar-refractivity contribution in [1.82, 2.24) is 15.0 Å². The largest absolute Gasteiger partial charge is 1.00 e. The Morgan fingerprint density at radius 3 is 2.36 bits per heavy atom. The van der Waals surface area contributed by atoms with Gasteiger partial charge >= 0.3 is 65.2 Å². The van der Waals surface area contributed by atoms with Crippen LogP contribution in [0.1, 0.15) is 0 Å². The van der Waals surface area contributed by atoms with Crippen molar-refractivity contribution in [3.8, 4) is 5.75 Å². The van der Waals surface area contributed by atoms with E-state index < -0.39 is 21.7 Å². The van der Waals surface area contributed by atoms with Crippen molar-refractivity contribution >= 4 is 85.4 Å². The van der Waals surface area contributed by atoms with E-state index in [0.717, 1.165) is 10.3 Å². The van der Waals surface area contributed by atoms with Crippen LogP contribution in [0.2, 0.25) is 0 Å². The average molecular weight is 736 g/mol. The number of rotatable bonds is 16. The molecule has 0 atom stereocenters. The van der Waals surface area contributed by atoms with Crippen LogP contribution in [-0.2, 0) is 14.6 Å². The molecule has 0 radical (unpaired) electrons. The summed E-state index contributed by atoms with van der Waals surface area (Å²) in [5.41, 5.74) is 0.480. The van der Waals surface area contributed by atoms with Gasteiger partial charge in [0.25, 0.3) is 0 Å². The quantitative estimate of drug-likeness (QED) is 0.0478. The second-order valence-corrected chi connectivity index (χ2v) is 13.1. The molecule has 0 unspecified atom stereocenters. The fraction of sp³-hybridized carbons (Fsp3) is 0.148. The van der Waals surface area contributed by atoms with E-state index in [4.69, 9.17) is 4.74 Å². The smallest absolute Gasteiger partial charge is 0.795 e. The average Bonchev–Trinajstić information content (AvgIpc) is 3.02. The molecule has 4 rings (SSSR count). The summed E-state index contributed by atoms with van der Waals surface area (Å²) >= 11 is 1.69. The molecule has 0 spiro atoms. The van der Waals surface area contributed by atoms with Crippen molar-refractivity contribution in [2.45, 2.75) is 14.7 Å². The second kappa shape index (κ2) is 20.0. The van der Waals surface area contributed by atoms with Gasteiger partial charge in [-0.05, 0) is 58.2 Å². The molecule has 0 aliphatic heterocycles. The van der Waals surface area contributed by atoms with Crippen LogP contribution < -0.4 is 69.7 Å². The minimum Gasteiger partial charge on any atom is -0.795 e. The molecule has 0 fully saturated rings. The molecule has 20 heteroatoms. The van der Waals surface area contributed by atoms with Gasteiger partial charge in [-0.1, -0.05) is 24.9 Å². The van der Waals surface area contributed by atoms with Gasteiger partial charge in [-0.15, -0.1) is 5.11 Å². The number of aromatic hydroxyl groups is 1. The van der Waals surface area contributed by atoms with Gasteiger partial charge in [-0.2, -0.15) is 24.5 Å². The minimum absolute atomic E-state index is 0. The van der Waals surface area contributed by atoms with Crippen molar-refractivity contribution in [2.24, 2.45) is 10.2 Å². The fourth-order valence-electron chi connectivity index (χ4n) is 3.76. The summed E-state index contributed by atoms with van der Waals surface area (Å²) in [7, 11) is -3.39. The van der Waals surface area contributed by atoms with Crippen molar-refractivity contribution in [2.75, 3.05) is 36.1 Å². The first-order valence-corrected chi connectivity index (χ1v) is 16.8. The Hall–Kier alpha value is -1.78. The van der Waals surface area contributed by atoms with Crippen LogP contribution >= 0.6 is 35.8 Å². The van der Waals surface area contributed by atoms with Crippen LogP contribution in [0.3, 0.4) is 0 Å². The molecule has 1 heterocycles. The maximum absolute atomic E-state index is 14.3. The fourth-order valence-corrected chi connectivity index (χ4v) is 5.50. The Bertz CT molecular complexity index is 1840. The van der Waals surface area contributed by atoms with Gasteiger partial charge in [-0.3, -0.25) is 0 Å². The standard InChI is InChI=1S/C27H26FN7O6S4.2Na/c1-3-42-18-7-5-17(6-8-18)34-35-23-21(44-38)14-16-13-19(43-37)15-20(22(16)24(23)36)30-27-32-25(28)31-26(33-27)29-9-10-41-11-12-45(39,40)4-2;;/h3-8,13-15,36-38H,1-2,9-12H2,(H2,29,30,31,32,33);;/q;2*+1/p-2. The van der Waals surface area contributed by atoms with Crippen LogP contribution in [0, 0.1) is 6.08 Å². The number of fused-ring (bicyclic) bond motifs is 1. The number of halogens is 1. The molecular weight excluding hydrogens is 712 g/mol. The molecule has 3 aromatic carbocycles. The molecule has 3 N–H and O–H groups in total. The summed E-state index contributed by atoms with van der Waals surface area (Å²) in [6.45, 7) is 7.02. The first-order chi connectivity index (χ1) is 21.7. The number of azo groups is 1. The van der Waals surface area contributed by atoms with E-state index in [0.29, 0.717) is 11.1 Å². The third-order valence-corrected chi connectivity index (χ3v) is 8.65. The first kappa shape index (κ1) is 41.4. The van der Waals surface area contributed by atoms with E-state index in [1.807, 2.05) is 12.1 Å². The van der Waals surface area contributed by atoms with Gasteiger partial charge < -0.3 is 29.6 Å². The molecule has 236 valence electrons. The first-order valence-electron chi connectivity index (χ1n) is 12.7. The maximum Gasteiger partial charge on any atom is 1.00 e. The van der Waals surface area contributed by atoms with Crippen LogP contribution in [0.15, 0.2) is 91.4 Å². The summed E-state index contributed by atoms with van der Waals surface area (Å²) in [6, 6.07) is 11.4. The van der Waals surface area contributed by atoms with Gasteiger partial charge in [0, 0.05) is 27.1 Å². The molecule has 0 saturated heterocycles. The van der Waals surface area contributed by atoms with Crippen molar-refractivity contribution in [3.63, 3.8) is 0 Å². The predicted octanol–water partition coefficient (Wildman–Crippen LogP) is 0.704. The number of anilines is 3. The number of benzene rings is 3. The number of hydrogen-bond acceptors (Lipinski definition) is 16. The number of aromatic nitrogens is 3. The number of nitrogens with zero attached hydrogens (tertiary/aromatic N) is 5. The zero-order valence-corrected chi connectivity index (χ0v) is 32.4. The van der Waals surface area contributed by atoms with E-state index >= 15 is 0 Å². The zero-order valence-electron chi connectivity index (χ0n) is 25.2. The van der Waals surface area contributed by atoms with Crippen LogP contribution in [0.5, 0.6) is 5.75 Å². The predicted molar refractivity (Wildman–Crippen MR) is 172 cm³/mol. The second-order valence-electron chi connectivity index (χ2n) is 8.74. The molecule has 4 aromatic rings. The molecule has 1 aromatic heterocycles. The third kappa shape index (κ3) is 11.9. The summed E-state index contributed by atoms with van der Waals surface area (Å²) in [5, 5.41) is 28.1.